The summed E-state index contributed by atoms with van der Waals surface area (Å²) in [5, 5.41) is 0. The van der Waals surface area contributed by atoms with Crippen molar-refractivity contribution in [3.05, 3.63) is 68.4 Å². The maximum absolute atomic E-state index is 3.57. The van der Waals surface area contributed by atoms with Crippen molar-refractivity contribution in [2.24, 2.45) is 16.2 Å². The zero-order valence-electron chi connectivity index (χ0n) is 28.4. The van der Waals surface area contributed by atoms with Gasteiger partial charge in [-0.05, 0) is 0 Å². The topological polar surface area (TPSA) is 0 Å². The van der Waals surface area contributed by atoms with Crippen molar-refractivity contribution in [2.75, 3.05) is 0 Å². The molecule has 0 saturated heterocycles. The molecule has 0 aliphatic heterocycles. The van der Waals surface area contributed by atoms with Crippen LogP contribution < -0.4 is 0 Å². The molecule has 0 aromatic carbocycles. The van der Waals surface area contributed by atoms with E-state index < -0.39 is 0 Å². The molecule has 0 spiro atoms. The summed E-state index contributed by atoms with van der Waals surface area (Å²) in [4.78, 5) is 0. The molecule has 3 aliphatic carbocycles. The monoisotopic (exact) mass is 610 g/mol. The van der Waals surface area contributed by atoms with Crippen molar-refractivity contribution in [1.29, 1.82) is 0 Å². The van der Waals surface area contributed by atoms with E-state index in [9.17, 15) is 0 Å². The molecule has 3 rings (SSSR count). The minimum Gasteiger partial charge on any atom is -0.263 e. The van der Waals surface area contributed by atoms with Crippen LogP contribution in [0.5, 0.6) is 0 Å². The van der Waals surface area contributed by atoms with Crippen molar-refractivity contribution < 1.29 is 26.2 Å². The first-order valence-corrected chi connectivity index (χ1v) is 16.8. The molecule has 3 aliphatic rings. The first-order valence-electron chi connectivity index (χ1n) is 14.5. The van der Waals surface area contributed by atoms with Crippen LogP contribution in [0, 0.1) is 34.5 Å². The van der Waals surface area contributed by atoms with Gasteiger partial charge in [-0.2, -0.15) is 33.4 Å². The van der Waals surface area contributed by atoms with Gasteiger partial charge in [0.25, 0.3) is 0 Å². The fraction of sp³-hybridized carbons (Fsp3) is 0.667. The average molecular weight is 612 g/mol. The van der Waals surface area contributed by atoms with Crippen LogP contribution in [0.2, 0.25) is 13.1 Å². The van der Waals surface area contributed by atoms with Gasteiger partial charge in [-0.3, -0.25) is 18.2 Å². The summed E-state index contributed by atoms with van der Waals surface area (Å²) in [6, 6.07) is 0. The molecular weight excluding hydrogens is 552 g/mol. The Kier molecular flexibility index (Phi) is 17.5. The van der Waals surface area contributed by atoms with Crippen LogP contribution in [0.25, 0.3) is 0 Å². The maximum atomic E-state index is 3.57. The van der Waals surface area contributed by atoms with E-state index in [0.29, 0.717) is 0 Å². The van der Waals surface area contributed by atoms with Crippen LogP contribution in [-0.4, -0.2) is 9.52 Å². The van der Waals surface area contributed by atoms with E-state index in [1.54, 1.807) is 0 Å². The Labute approximate surface area is 261 Å². The van der Waals surface area contributed by atoms with Crippen molar-refractivity contribution in [1.82, 2.24) is 0 Å². The summed E-state index contributed by atoms with van der Waals surface area (Å²) in [5.74, 6) is 0. The van der Waals surface area contributed by atoms with E-state index in [1.807, 2.05) is 0 Å². The van der Waals surface area contributed by atoms with Gasteiger partial charge < -0.3 is 0 Å². The van der Waals surface area contributed by atoms with E-state index >= 15 is 0 Å². The second kappa shape index (κ2) is 16.7. The van der Waals surface area contributed by atoms with Crippen LogP contribution in [0.15, 0.2) is 50.2 Å². The molecule has 0 bridgehead atoms. The Hall–Kier alpha value is -0.460. The molecule has 0 N–H and O–H groups in total. The zero-order chi connectivity index (χ0) is 29.4. The van der Waals surface area contributed by atoms with E-state index in [0.717, 1.165) is 9.52 Å². The minimum absolute atomic E-state index is 0. The average Bonchev–Trinajstić information content (AvgIpc) is 3.20. The van der Waals surface area contributed by atoms with Gasteiger partial charge in [0.1, 0.15) is 0 Å². The van der Waals surface area contributed by atoms with E-state index in [1.165, 1.54) is 75.8 Å². The van der Waals surface area contributed by atoms with Gasteiger partial charge in [-0.1, -0.05) is 138 Å². The van der Waals surface area contributed by atoms with Crippen LogP contribution in [-0.2, 0) is 26.2 Å². The molecule has 212 valence electrons. The molecule has 2 heteroatoms. The molecular formula is C36H60SiZr. The van der Waals surface area contributed by atoms with Crippen LogP contribution in [0.3, 0.4) is 0 Å². The second-order valence-corrected chi connectivity index (χ2v) is 13.8. The molecule has 0 saturated carbocycles. The molecule has 0 atom stereocenters. The first kappa shape index (κ1) is 39.7. The summed E-state index contributed by atoms with van der Waals surface area (Å²) in [6.45, 7) is 37.7. The second-order valence-electron chi connectivity index (χ2n) is 12.7. The summed E-state index contributed by atoms with van der Waals surface area (Å²) in [6.07, 6.45) is 15.4. The Bertz CT molecular complexity index is 917. The summed E-state index contributed by atoms with van der Waals surface area (Å²) < 4.78 is 0. The van der Waals surface area contributed by atoms with Gasteiger partial charge in [-0.15, -0.1) is 20.8 Å². The molecule has 38 heavy (non-hydrogen) atoms. The fourth-order valence-corrected chi connectivity index (χ4v) is 4.93. The van der Waals surface area contributed by atoms with E-state index in [4.69, 9.17) is 0 Å². The smallest absolute Gasteiger partial charge is 0.263 e. The molecule has 0 aromatic rings. The first-order chi connectivity index (χ1) is 16.8. The largest absolute Gasteiger partial charge is 3.00 e. The molecule has 0 aromatic heterocycles. The molecule has 2 radical (unpaired) electrons. The Morgan fingerprint density at radius 3 is 0.921 bits per heavy atom. The van der Waals surface area contributed by atoms with Crippen molar-refractivity contribution in [3.63, 3.8) is 0 Å². The van der Waals surface area contributed by atoms with Gasteiger partial charge in [0.15, 0.2) is 0 Å². The Balaban J connectivity index is 0. The van der Waals surface area contributed by atoms with E-state index in [-0.39, 0.29) is 42.4 Å². The standard InChI is InChI=1S/2C12H19.C10H15.C2H7Si.Zr/c2*1-6-7-11-8-12(4,5)10(3)9(11)2;1-7-6-10(4,5)9(3)8(7)2;1-3-2;/h2*6-7H2,1-5H3;1-5H3;3H,1-2H3;/q3*-1;;+3. The molecule has 0 fully saturated rings. The van der Waals surface area contributed by atoms with Gasteiger partial charge in [0.2, 0.25) is 0 Å². The van der Waals surface area contributed by atoms with Crippen molar-refractivity contribution in [3.8, 4) is 0 Å². The quantitative estimate of drug-likeness (QED) is 0.219. The normalized spacial score (nSPS) is 20.3. The van der Waals surface area contributed by atoms with Crippen molar-refractivity contribution >= 4 is 9.52 Å². The number of rotatable bonds is 4. The van der Waals surface area contributed by atoms with Crippen LogP contribution in [0.4, 0.5) is 0 Å². The van der Waals surface area contributed by atoms with Crippen molar-refractivity contribution in [2.45, 2.75) is 143 Å². The summed E-state index contributed by atoms with van der Waals surface area (Å²) in [7, 11) is 0.750. The molecule has 0 amide bonds. The van der Waals surface area contributed by atoms with Gasteiger partial charge in [-0.25, -0.2) is 16.7 Å². The molecule has 0 nitrogen and oxygen atoms in total. The maximum Gasteiger partial charge on any atom is 3.00 e. The summed E-state index contributed by atoms with van der Waals surface area (Å²) >= 11 is 0. The molecule has 0 heterocycles. The third kappa shape index (κ3) is 10.8. The number of hydrogen-bond donors (Lipinski definition) is 0. The van der Waals surface area contributed by atoms with Gasteiger partial charge >= 0.3 is 26.2 Å². The summed E-state index contributed by atoms with van der Waals surface area (Å²) in [5.41, 5.74) is 13.6. The van der Waals surface area contributed by atoms with E-state index in [2.05, 4.69) is 135 Å². The predicted octanol–water partition coefficient (Wildman–Crippen LogP) is 11.4. The fourth-order valence-electron chi connectivity index (χ4n) is 4.93. The number of allylic oxidation sites excluding steroid dienone is 12. The van der Waals surface area contributed by atoms with Crippen LogP contribution in [0.1, 0.15) is 130 Å². The third-order valence-corrected chi connectivity index (χ3v) is 8.39. The Morgan fingerprint density at radius 2 is 0.789 bits per heavy atom. The SMILES string of the molecule is CC1=[C-]C(C)(C)C(C)=C1C.CCCC1=[C-]C(C)(C)C(C)=C1C.CCCC1=[C-]C(C)(C)C(C)=C1C.C[SiH]C.[Zr+3]. The minimum atomic E-state index is 0. The van der Waals surface area contributed by atoms with Gasteiger partial charge in [0.05, 0.1) is 0 Å². The Morgan fingerprint density at radius 1 is 0.526 bits per heavy atom. The third-order valence-electron chi connectivity index (χ3n) is 8.39. The predicted molar refractivity (Wildman–Crippen MR) is 171 cm³/mol. The van der Waals surface area contributed by atoms with Crippen LogP contribution >= 0.6 is 0 Å². The number of hydrogen-bond acceptors (Lipinski definition) is 0. The van der Waals surface area contributed by atoms with Gasteiger partial charge in [0, 0.05) is 9.52 Å². The zero-order valence-corrected chi connectivity index (χ0v) is 32.0. The molecule has 0 unspecified atom stereocenters.